The Morgan fingerprint density at radius 1 is 1.41 bits per heavy atom. The Hall–Kier alpha value is -0.670. The number of benzene rings is 1. The topological polar surface area (TPSA) is 15.3 Å². The van der Waals surface area contributed by atoms with Crippen molar-refractivity contribution in [1.29, 1.82) is 0 Å². The average Bonchev–Trinajstić information content (AvgIpc) is 2.71. The second-order valence-corrected chi connectivity index (χ2v) is 5.80. The third kappa shape index (κ3) is 3.65. The molecule has 94 valence electrons. The van der Waals surface area contributed by atoms with Gasteiger partial charge in [0.25, 0.3) is 0 Å². The summed E-state index contributed by atoms with van der Waals surface area (Å²) in [5, 5.41) is 3.61. The molecule has 0 aliphatic carbocycles. The zero-order valence-corrected chi connectivity index (χ0v) is 11.6. The van der Waals surface area contributed by atoms with Crippen molar-refractivity contribution in [3.63, 3.8) is 0 Å². The molecule has 0 aromatic heterocycles. The normalized spacial score (nSPS) is 18.2. The summed E-state index contributed by atoms with van der Waals surface area (Å²) in [6.45, 7) is 2.35. The molecule has 1 aromatic rings. The summed E-state index contributed by atoms with van der Waals surface area (Å²) in [5.74, 6) is 1.27. The van der Waals surface area contributed by atoms with Gasteiger partial charge in [-0.1, -0.05) is 18.2 Å². The van der Waals surface area contributed by atoms with E-state index in [-0.39, 0.29) is 0 Å². The van der Waals surface area contributed by atoms with Crippen molar-refractivity contribution in [1.82, 2.24) is 4.90 Å². The standard InChI is InChI=1S/C14H22N2S/c1-16(8-5-9-17-2)11-13-10-12-6-3-4-7-14(12)15-13/h3-4,6-7,13,15H,5,8-11H2,1-2H3. The van der Waals surface area contributed by atoms with E-state index < -0.39 is 0 Å². The molecule has 1 aromatic carbocycles. The van der Waals surface area contributed by atoms with E-state index in [0.29, 0.717) is 6.04 Å². The van der Waals surface area contributed by atoms with Gasteiger partial charge in [0.05, 0.1) is 0 Å². The van der Waals surface area contributed by atoms with Crippen molar-refractivity contribution in [3.05, 3.63) is 29.8 Å². The average molecular weight is 250 g/mol. The highest BCUT2D eigenvalue weighted by Crippen LogP contribution is 2.25. The molecule has 1 atom stereocenters. The maximum Gasteiger partial charge on any atom is 0.0429 e. The van der Waals surface area contributed by atoms with Crippen LogP contribution in [0.1, 0.15) is 12.0 Å². The zero-order chi connectivity index (χ0) is 12.1. The molecule has 0 saturated carbocycles. The lowest BCUT2D eigenvalue weighted by atomic mass is 10.1. The van der Waals surface area contributed by atoms with E-state index in [4.69, 9.17) is 0 Å². The van der Waals surface area contributed by atoms with E-state index in [1.807, 2.05) is 11.8 Å². The molecule has 1 unspecified atom stereocenters. The van der Waals surface area contributed by atoms with Gasteiger partial charge in [0.2, 0.25) is 0 Å². The molecule has 1 aliphatic rings. The Bertz CT molecular complexity index is 329. The molecule has 1 heterocycles. The summed E-state index contributed by atoms with van der Waals surface area (Å²) < 4.78 is 0. The van der Waals surface area contributed by atoms with Gasteiger partial charge in [0.15, 0.2) is 0 Å². The van der Waals surface area contributed by atoms with Crippen LogP contribution in [0.3, 0.4) is 0 Å². The van der Waals surface area contributed by atoms with Crippen molar-refractivity contribution < 1.29 is 0 Å². The number of nitrogens with one attached hydrogen (secondary N) is 1. The van der Waals surface area contributed by atoms with Crippen LogP contribution >= 0.6 is 11.8 Å². The number of para-hydroxylation sites is 1. The summed E-state index contributed by atoms with van der Waals surface area (Å²) in [7, 11) is 2.23. The van der Waals surface area contributed by atoms with Crippen LogP contribution in [0.4, 0.5) is 5.69 Å². The lowest BCUT2D eigenvalue weighted by molar-refractivity contribution is 0.321. The van der Waals surface area contributed by atoms with Crippen LogP contribution in [-0.4, -0.2) is 43.1 Å². The van der Waals surface area contributed by atoms with Crippen LogP contribution in [0.5, 0.6) is 0 Å². The first-order valence-electron chi connectivity index (χ1n) is 6.31. The fourth-order valence-corrected chi connectivity index (χ4v) is 2.85. The van der Waals surface area contributed by atoms with Gasteiger partial charge in [-0.3, -0.25) is 0 Å². The summed E-state index contributed by atoms with van der Waals surface area (Å²) >= 11 is 1.93. The third-order valence-electron chi connectivity index (χ3n) is 3.26. The maximum absolute atomic E-state index is 3.61. The van der Waals surface area contributed by atoms with Crippen LogP contribution in [0.2, 0.25) is 0 Å². The Balaban J connectivity index is 1.75. The van der Waals surface area contributed by atoms with Crippen LogP contribution < -0.4 is 5.32 Å². The highest BCUT2D eigenvalue weighted by Gasteiger charge is 2.20. The number of likely N-dealkylation sites (N-methyl/N-ethyl adjacent to an activating group) is 1. The van der Waals surface area contributed by atoms with Crippen molar-refractivity contribution in [2.75, 3.05) is 37.5 Å². The van der Waals surface area contributed by atoms with Gasteiger partial charge in [0.1, 0.15) is 0 Å². The maximum atomic E-state index is 3.61. The molecule has 3 heteroatoms. The first-order valence-corrected chi connectivity index (χ1v) is 7.71. The predicted molar refractivity (Wildman–Crippen MR) is 78.1 cm³/mol. The number of hydrogen-bond acceptors (Lipinski definition) is 3. The van der Waals surface area contributed by atoms with Gasteiger partial charge < -0.3 is 10.2 Å². The van der Waals surface area contributed by atoms with Gasteiger partial charge in [-0.2, -0.15) is 11.8 Å². The van der Waals surface area contributed by atoms with Crippen molar-refractivity contribution in [2.45, 2.75) is 18.9 Å². The first-order chi connectivity index (χ1) is 8.29. The molecule has 0 fully saturated rings. The van der Waals surface area contributed by atoms with Crippen molar-refractivity contribution >= 4 is 17.4 Å². The Kier molecular flexibility index (Phi) is 4.75. The number of rotatable bonds is 6. The minimum atomic E-state index is 0.590. The molecule has 0 amide bonds. The van der Waals surface area contributed by atoms with Crippen LogP contribution in [0.15, 0.2) is 24.3 Å². The molecular formula is C14H22N2S. The fourth-order valence-electron chi connectivity index (χ4n) is 2.43. The smallest absolute Gasteiger partial charge is 0.0429 e. The molecule has 1 aliphatic heterocycles. The SMILES string of the molecule is CSCCCN(C)CC1Cc2ccccc2N1. The second-order valence-electron chi connectivity index (χ2n) is 4.81. The minimum Gasteiger partial charge on any atom is -0.380 e. The number of hydrogen-bond donors (Lipinski definition) is 1. The largest absolute Gasteiger partial charge is 0.380 e. The van der Waals surface area contributed by atoms with Gasteiger partial charge in [-0.05, 0) is 50.1 Å². The number of fused-ring (bicyclic) bond motifs is 1. The predicted octanol–water partition coefficient (Wildman–Crippen LogP) is 2.71. The molecular weight excluding hydrogens is 228 g/mol. The number of thioether (sulfide) groups is 1. The van der Waals surface area contributed by atoms with Crippen molar-refractivity contribution in [3.8, 4) is 0 Å². The van der Waals surface area contributed by atoms with Gasteiger partial charge in [0, 0.05) is 18.3 Å². The summed E-state index contributed by atoms with van der Waals surface area (Å²) in [6, 6.07) is 9.24. The Morgan fingerprint density at radius 2 is 2.24 bits per heavy atom. The minimum absolute atomic E-state index is 0.590. The van der Waals surface area contributed by atoms with E-state index in [1.54, 1.807) is 0 Å². The van der Waals surface area contributed by atoms with Crippen LogP contribution in [0.25, 0.3) is 0 Å². The van der Waals surface area contributed by atoms with E-state index in [2.05, 4.69) is 47.8 Å². The lowest BCUT2D eigenvalue weighted by Gasteiger charge is -2.21. The molecule has 2 rings (SSSR count). The molecule has 0 spiro atoms. The quantitative estimate of drug-likeness (QED) is 0.782. The molecule has 0 saturated heterocycles. The van der Waals surface area contributed by atoms with Gasteiger partial charge >= 0.3 is 0 Å². The van der Waals surface area contributed by atoms with E-state index in [1.165, 1.54) is 36.4 Å². The van der Waals surface area contributed by atoms with Crippen LogP contribution in [0, 0.1) is 0 Å². The third-order valence-corrected chi connectivity index (χ3v) is 3.96. The molecule has 17 heavy (non-hydrogen) atoms. The molecule has 1 N–H and O–H groups in total. The second kappa shape index (κ2) is 6.31. The summed E-state index contributed by atoms with van der Waals surface area (Å²) in [5.41, 5.74) is 2.80. The van der Waals surface area contributed by atoms with E-state index in [9.17, 15) is 0 Å². The molecule has 0 bridgehead atoms. The van der Waals surface area contributed by atoms with Gasteiger partial charge in [-0.15, -0.1) is 0 Å². The highest BCUT2D eigenvalue weighted by atomic mass is 32.2. The van der Waals surface area contributed by atoms with Crippen molar-refractivity contribution in [2.24, 2.45) is 0 Å². The Labute approximate surface area is 109 Å². The Morgan fingerprint density at radius 3 is 3.00 bits per heavy atom. The van der Waals surface area contributed by atoms with E-state index >= 15 is 0 Å². The van der Waals surface area contributed by atoms with Crippen LogP contribution in [-0.2, 0) is 6.42 Å². The fraction of sp³-hybridized carbons (Fsp3) is 0.571. The number of anilines is 1. The van der Waals surface area contributed by atoms with Gasteiger partial charge in [-0.25, -0.2) is 0 Å². The monoisotopic (exact) mass is 250 g/mol. The number of nitrogens with zero attached hydrogens (tertiary/aromatic N) is 1. The van der Waals surface area contributed by atoms with E-state index in [0.717, 1.165) is 6.54 Å². The first kappa shape index (κ1) is 12.8. The molecule has 2 nitrogen and oxygen atoms in total. The summed E-state index contributed by atoms with van der Waals surface area (Å²) in [6.07, 6.45) is 4.63. The zero-order valence-electron chi connectivity index (χ0n) is 10.8. The highest BCUT2D eigenvalue weighted by molar-refractivity contribution is 7.98. The summed E-state index contributed by atoms with van der Waals surface area (Å²) in [4.78, 5) is 2.44. The molecule has 0 radical (unpaired) electrons. The lowest BCUT2D eigenvalue weighted by Crippen LogP contribution is -2.33.